The zero-order valence-corrected chi connectivity index (χ0v) is 10.4. The van der Waals surface area contributed by atoms with Gasteiger partial charge in [0.2, 0.25) is 0 Å². The minimum atomic E-state index is 0.124. The molecule has 19 heavy (non-hydrogen) atoms. The molecule has 0 saturated carbocycles. The number of nitrogens with two attached hydrogens (primary N) is 1. The van der Waals surface area contributed by atoms with Gasteiger partial charge in [0, 0.05) is 17.3 Å². The number of Topliss-reactive ketones (excluding diaryl/α,β-unsaturated/α-hetero) is 1. The Balaban J connectivity index is 2.21. The fraction of sp³-hybridized carbons (Fsp3) is 0.200. The molecule has 0 radical (unpaired) electrons. The maximum absolute atomic E-state index is 12.1. The summed E-state index contributed by atoms with van der Waals surface area (Å²) in [6, 6.07) is 7.94. The molecule has 0 bridgehead atoms. The van der Waals surface area contributed by atoms with Crippen molar-refractivity contribution in [2.24, 2.45) is 0 Å². The van der Waals surface area contributed by atoms with Crippen molar-refractivity contribution < 1.29 is 4.79 Å². The average Bonchev–Trinajstić information content (AvgIpc) is 2.77. The van der Waals surface area contributed by atoms with E-state index in [1.807, 2.05) is 24.3 Å². The number of nitrogens with one attached hydrogen (secondary N) is 1. The topological polar surface area (TPSA) is 71.8 Å². The molecule has 1 aliphatic rings. The Bertz CT molecular complexity index is 832. The Morgan fingerprint density at radius 3 is 2.95 bits per heavy atom. The molecule has 94 valence electrons. The van der Waals surface area contributed by atoms with Crippen LogP contribution in [0.5, 0.6) is 0 Å². The number of fused-ring (bicyclic) bond motifs is 4. The van der Waals surface area contributed by atoms with Gasteiger partial charge in [-0.3, -0.25) is 4.79 Å². The summed E-state index contributed by atoms with van der Waals surface area (Å²) in [4.78, 5) is 20.0. The maximum Gasteiger partial charge on any atom is 0.166 e. The van der Waals surface area contributed by atoms with E-state index in [1.165, 1.54) is 0 Å². The number of pyridine rings is 1. The molecule has 0 saturated heterocycles. The SMILES string of the molecule is Nc1c2c(nc3[nH]c4ccccc4c13)CCCC2=O. The molecule has 4 rings (SSSR count). The predicted octanol–water partition coefficient (Wildman–Crippen LogP) is 2.82. The van der Waals surface area contributed by atoms with Gasteiger partial charge < -0.3 is 10.7 Å². The van der Waals surface area contributed by atoms with E-state index in [0.717, 1.165) is 40.5 Å². The van der Waals surface area contributed by atoms with Crippen molar-refractivity contribution in [2.75, 3.05) is 5.73 Å². The molecule has 0 unspecified atom stereocenters. The summed E-state index contributed by atoms with van der Waals surface area (Å²) in [7, 11) is 0. The van der Waals surface area contributed by atoms with Crippen molar-refractivity contribution in [3.63, 3.8) is 0 Å². The van der Waals surface area contributed by atoms with E-state index >= 15 is 0 Å². The Morgan fingerprint density at radius 2 is 2.05 bits per heavy atom. The molecule has 0 spiro atoms. The van der Waals surface area contributed by atoms with Crippen LogP contribution in [0.3, 0.4) is 0 Å². The third-order valence-corrected chi connectivity index (χ3v) is 3.86. The molecule has 4 nitrogen and oxygen atoms in total. The molecule has 0 aliphatic heterocycles. The molecular weight excluding hydrogens is 238 g/mol. The first kappa shape index (κ1) is 10.6. The number of hydrogen-bond acceptors (Lipinski definition) is 3. The number of hydrogen-bond donors (Lipinski definition) is 2. The van der Waals surface area contributed by atoms with Crippen LogP contribution in [0.25, 0.3) is 21.9 Å². The lowest BCUT2D eigenvalue weighted by Crippen LogP contribution is -2.15. The lowest BCUT2D eigenvalue weighted by atomic mass is 9.92. The molecule has 3 N–H and O–H groups in total. The predicted molar refractivity (Wildman–Crippen MR) is 75.3 cm³/mol. The van der Waals surface area contributed by atoms with E-state index in [-0.39, 0.29) is 5.78 Å². The lowest BCUT2D eigenvalue weighted by molar-refractivity contribution is 0.0973. The van der Waals surface area contributed by atoms with Crippen molar-refractivity contribution in [1.82, 2.24) is 9.97 Å². The number of H-pyrrole nitrogens is 1. The molecule has 0 fully saturated rings. The normalized spacial score (nSPS) is 15.1. The summed E-state index contributed by atoms with van der Waals surface area (Å²) in [5, 5.41) is 1.91. The highest BCUT2D eigenvalue weighted by Gasteiger charge is 2.24. The minimum Gasteiger partial charge on any atom is -0.397 e. The number of carbonyl (C=O) groups is 1. The number of ketones is 1. The molecular formula is C15H13N3O. The number of anilines is 1. The van der Waals surface area contributed by atoms with Crippen molar-refractivity contribution in [3.8, 4) is 0 Å². The summed E-state index contributed by atoms with van der Waals surface area (Å²) < 4.78 is 0. The monoisotopic (exact) mass is 251 g/mol. The van der Waals surface area contributed by atoms with Crippen LogP contribution in [-0.4, -0.2) is 15.8 Å². The van der Waals surface area contributed by atoms with E-state index in [2.05, 4.69) is 9.97 Å². The van der Waals surface area contributed by atoms with Crippen LogP contribution in [0, 0.1) is 0 Å². The second kappa shape index (κ2) is 3.57. The number of aryl methyl sites for hydroxylation is 1. The molecule has 1 aliphatic carbocycles. The number of nitrogen functional groups attached to an aromatic ring is 1. The van der Waals surface area contributed by atoms with Gasteiger partial charge in [-0.25, -0.2) is 4.98 Å². The third kappa shape index (κ3) is 1.34. The molecule has 4 heteroatoms. The van der Waals surface area contributed by atoms with Gasteiger partial charge in [-0.05, 0) is 18.9 Å². The fourth-order valence-corrected chi connectivity index (χ4v) is 2.99. The molecule has 0 atom stereocenters. The molecule has 2 heterocycles. The number of aromatic nitrogens is 2. The highest BCUT2D eigenvalue weighted by atomic mass is 16.1. The molecule has 1 aromatic carbocycles. The van der Waals surface area contributed by atoms with Gasteiger partial charge in [0.25, 0.3) is 0 Å². The van der Waals surface area contributed by atoms with Crippen molar-refractivity contribution >= 4 is 33.4 Å². The number of carbonyl (C=O) groups excluding carboxylic acids is 1. The number of benzene rings is 1. The van der Waals surface area contributed by atoms with Crippen LogP contribution in [0.15, 0.2) is 24.3 Å². The van der Waals surface area contributed by atoms with Crippen molar-refractivity contribution in [1.29, 1.82) is 0 Å². The number of aromatic amines is 1. The number of para-hydroxylation sites is 1. The van der Waals surface area contributed by atoms with E-state index in [0.29, 0.717) is 17.7 Å². The second-order valence-electron chi connectivity index (χ2n) is 5.02. The van der Waals surface area contributed by atoms with E-state index in [1.54, 1.807) is 0 Å². The van der Waals surface area contributed by atoms with Crippen molar-refractivity contribution in [3.05, 3.63) is 35.5 Å². The van der Waals surface area contributed by atoms with Crippen LogP contribution in [0.4, 0.5) is 5.69 Å². The minimum absolute atomic E-state index is 0.124. The quantitative estimate of drug-likeness (QED) is 0.645. The molecule has 0 amide bonds. The van der Waals surface area contributed by atoms with Gasteiger partial charge >= 0.3 is 0 Å². The first-order valence-corrected chi connectivity index (χ1v) is 6.47. The lowest BCUT2D eigenvalue weighted by Gasteiger charge is -2.16. The Morgan fingerprint density at radius 1 is 1.21 bits per heavy atom. The Hall–Kier alpha value is -2.36. The zero-order chi connectivity index (χ0) is 13.0. The Labute approximate surface area is 109 Å². The first-order chi connectivity index (χ1) is 9.25. The highest BCUT2D eigenvalue weighted by molar-refractivity contribution is 6.17. The Kier molecular flexibility index (Phi) is 1.98. The van der Waals surface area contributed by atoms with Crippen LogP contribution in [0.2, 0.25) is 0 Å². The van der Waals surface area contributed by atoms with Gasteiger partial charge in [-0.15, -0.1) is 0 Å². The van der Waals surface area contributed by atoms with Crippen molar-refractivity contribution in [2.45, 2.75) is 19.3 Å². The van der Waals surface area contributed by atoms with Crippen LogP contribution >= 0.6 is 0 Å². The summed E-state index contributed by atoms with van der Waals surface area (Å²) in [6.45, 7) is 0. The average molecular weight is 251 g/mol. The van der Waals surface area contributed by atoms with Crippen LogP contribution in [-0.2, 0) is 6.42 Å². The van der Waals surface area contributed by atoms with E-state index < -0.39 is 0 Å². The fourth-order valence-electron chi connectivity index (χ4n) is 2.99. The van der Waals surface area contributed by atoms with Gasteiger partial charge in [0.15, 0.2) is 5.78 Å². The number of rotatable bonds is 0. The van der Waals surface area contributed by atoms with E-state index in [9.17, 15) is 4.79 Å². The smallest absolute Gasteiger partial charge is 0.166 e. The van der Waals surface area contributed by atoms with Gasteiger partial charge in [0.05, 0.1) is 22.3 Å². The zero-order valence-electron chi connectivity index (χ0n) is 10.4. The second-order valence-corrected chi connectivity index (χ2v) is 5.02. The molecule has 3 aromatic rings. The van der Waals surface area contributed by atoms with Gasteiger partial charge in [-0.1, -0.05) is 18.2 Å². The van der Waals surface area contributed by atoms with E-state index in [4.69, 9.17) is 5.73 Å². The summed E-state index contributed by atoms with van der Waals surface area (Å²) in [5.74, 6) is 0.124. The van der Waals surface area contributed by atoms with Crippen LogP contribution < -0.4 is 5.73 Å². The van der Waals surface area contributed by atoms with Crippen LogP contribution in [0.1, 0.15) is 28.9 Å². The summed E-state index contributed by atoms with van der Waals surface area (Å²) >= 11 is 0. The third-order valence-electron chi connectivity index (χ3n) is 3.86. The molecule has 2 aromatic heterocycles. The van der Waals surface area contributed by atoms with Gasteiger partial charge in [-0.2, -0.15) is 0 Å². The maximum atomic E-state index is 12.1. The summed E-state index contributed by atoms with van der Waals surface area (Å²) in [6.07, 6.45) is 2.27. The highest BCUT2D eigenvalue weighted by Crippen LogP contribution is 2.35. The van der Waals surface area contributed by atoms with Gasteiger partial charge in [0.1, 0.15) is 5.65 Å². The number of nitrogens with zero attached hydrogens (tertiary/aromatic N) is 1. The first-order valence-electron chi connectivity index (χ1n) is 6.47. The largest absolute Gasteiger partial charge is 0.397 e. The summed E-state index contributed by atoms with van der Waals surface area (Å²) in [5.41, 5.74) is 10.1. The standard InChI is InChI=1S/C15H13N3O/c16-14-12-8-4-1-2-5-9(8)17-15(12)18-10-6-3-7-11(19)13(10)14/h1-2,4-5H,3,6-7H2,(H3,16,17,18).